The first-order valence-electron chi connectivity index (χ1n) is 8.74. The molecule has 0 spiro atoms. The minimum atomic E-state index is -0.506. The van der Waals surface area contributed by atoms with Crippen molar-refractivity contribution in [2.45, 2.75) is 19.1 Å². The van der Waals surface area contributed by atoms with Crippen LogP contribution in [0.2, 0.25) is 0 Å². The molecule has 0 saturated carbocycles. The maximum absolute atomic E-state index is 13.2. The topological polar surface area (TPSA) is 101 Å². The number of nitro benzene ring substituents is 1. The number of hydrogen-bond acceptors (Lipinski definition) is 6. The van der Waals surface area contributed by atoms with Crippen LogP contribution in [0, 0.1) is 15.9 Å². The highest BCUT2D eigenvalue weighted by atomic mass is 19.1. The number of halogens is 1. The molecule has 1 aliphatic rings. The zero-order valence-corrected chi connectivity index (χ0v) is 15.0. The molecule has 4 rings (SSSR count). The zero-order chi connectivity index (χ0) is 19.8. The highest BCUT2D eigenvalue weighted by molar-refractivity contribution is 5.87. The van der Waals surface area contributed by atoms with Gasteiger partial charge < -0.3 is 14.6 Å². The van der Waals surface area contributed by atoms with Crippen LogP contribution in [-0.4, -0.2) is 34.1 Å². The van der Waals surface area contributed by atoms with Gasteiger partial charge in [-0.15, -0.1) is 0 Å². The lowest BCUT2D eigenvalue weighted by molar-refractivity contribution is -0.384. The molecule has 0 amide bonds. The molecular weight excluding hydrogens is 367 g/mol. The van der Waals surface area contributed by atoms with Crippen molar-refractivity contribution in [3.8, 4) is 0 Å². The van der Waals surface area contributed by atoms with Crippen LogP contribution in [0.15, 0.2) is 47.5 Å². The minimum absolute atomic E-state index is 0.161. The number of rotatable bonds is 3. The zero-order valence-electron chi connectivity index (χ0n) is 15.0. The van der Waals surface area contributed by atoms with E-state index in [2.05, 4.69) is 9.97 Å². The van der Waals surface area contributed by atoms with E-state index >= 15 is 0 Å². The fraction of sp³-hybridized carbons (Fsp3) is 0.263. The van der Waals surface area contributed by atoms with Gasteiger partial charge in [-0.2, -0.15) is 0 Å². The third-order valence-corrected chi connectivity index (χ3v) is 4.78. The van der Waals surface area contributed by atoms with Gasteiger partial charge in [0.05, 0.1) is 28.3 Å². The summed E-state index contributed by atoms with van der Waals surface area (Å²) in [6, 6.07) is 8.82. The van der Waals surface area contributed by atoms with Crippen LogP contribution < -0.4 is 10.5 Å². The second kappa shape index (κ2) is 7.01. The first-order valence-corrected chi connectivity index (χ1v) is 8.74. The predicted octanol–water partition coefficient (Wildman–Crippen LogP) is 2.94. The van der Waals surface area contributed by atoms with Gasteiger partial charge in [0, 0.05) is 19.2 Å². The molecule has 9 heteroatoms. The number of anilines is 1. The molecule has 0 aliphatic carbocycles. The Balaban J connectivity index is 1.77. The number of morpholine rings is 1. The largest absolute Gasteiger partial charge is 0.367 e. The SMILES string of the molecule is CC1CN(c2cc3nc[nH]c(=O)c3cc2[N+](=O)[O-])CC(c2ccc(F)cc2)O1. The molecule has 28 heavy (non-hydrogen) atoms. The molecule has 2 unspecified atom stereocenters. The molecule has 8 nitrogen and oxygen atoms in total. The number of fused-ring (bicyclic) bond motifs is 1. The van der Waals surface area contributed by atoms with Crippen LogP contribution in [0.25, 0.3) is 10.9 Å². The Morgan fingerprint density at radius 1 is 1.29 bits per heavy atom. The number of aromatic nitrogens is 2. The molecule has 2 aromatic carbocycles. The van der Waals surface area contributed by atoms with Crippen LogP contribution in [0.1, 0.15) is 18.6 Å². The third kappa shape index (κ3) is 3.31. The number of hydrogen-bond donors (Lipinski definition) is 1. The number of nitro groups is 1. The summed E-state index contributed by atoms with van der Waals surface area (Å²) in [7, 11) is 0. The number of nitrogens with one attached hydrogen (secondary N) is 1. The average molecular weight is 384 g/mol. The molecule has 1 saturated heterocycles. The molecule has 0 radical (unpaired) electrons. The van der Waals surface area contributed by atoms with E-state index < -0.39 is 10.5 Å². The fourth-order valence-corrected chi connectivity index (χ4v) is 3.50. The number of H-pyrrole nitrogens is 1. The quantitative estimate of drug-likeness (QED) is 0.550. The lowest BCUT2D eigenvalue weighted by atomic mass is 10.0. The molecule has 2 atom stereocenters. The fourth-order valence-electron chi connectivity index (χ4n) is 3.50. The van der Waals surface area contributed by atoms with Crippen LogP contribution >= 0.6 is 0 Å². The van der Waals surface area contributed by atoms with Gasteiger partial charge >= 0.3 is 0 Å². The summed E-state index contributed by atoms with van der Waals surface area (Å²) < 4.78 is 19.2. The van der Waals surface area contributed by atoms with E-state index in [0.29, 0.717) is 24.3 Å². The van der Waals surface area contributed by atoms with E-state index in [1.165, 1.54) is 24.5 Å². The minimum Gasteiger partial charge on any atom is -0.367 e. The third-order valence-electron chi connectivity index (χ3n) is 4.78. The van der Waals surface area contributed by atoms with Crippen molar-refractivity contribution < 1.29 is 14.1 Å². The number of benzene rings is 2. The number of nitrogens with zero attached hydrogens (tertiary/aromatic N) is 3. The van der Waals surface area contributed by atoms with Gasteiger partial charge in [-0.3, -0.25) is 14.9 Å². The molecule has 3 aromatic rings. The second-order valence-electron chi connectivity index (χ2n) is 6.74. The van der Waals surface area contributed by atoms with E-state index in [0.717, 1.165) is 5.56 Å². The average Bonchev–Trinajstić information content (AvgIpc) is 2.67. The first-order chi connectivity index (χ1) is 13.4. The van der Waals surface area contributed by atoms with Crippen molar-refractivity contribution in [3.05, 3.63) is 74.6 Å². The van der Waals surface area contributed by atoms with Crippen molar-refractivity contribution >= 4 is 22.3 Å². The van der Waals surface area contributed by atoms with Crippen molar-refractivity contribution in [2.24, 2.45) is 0 Å². The number of aromatic amines is 1. The van der Waals surface area contributed by atoms with Crippen LogP contribution in [-0.2, 0) is 4.74 Å². The molecule has 1 aliphatic heterocycles. The van der Waals surface area contributed by atoms with Gasteiger partial charge in [-0.1, -0.05) is 12.1 Å². The highest BCUT2D eigenvalue weighted by Gasteiger charge is 2.31. The summed E-state index contributed by atoms with van der Waals surface area (Å²) in [6.07, 6.45) is 0.696. The Hall–Kier alpha value is -3.33. The summed E-state index contributed by atoms with van der Waals surface area (Å²) in [5.41, 5.74) is 0.938. The standard InChI is InChI=1S/C19H17FN4O4/c1-11-8-23(9-18(28-11)12-2-4-13(20)5-3-12)16-7-15-14(6-17(16)24(26)27)19(25)22-10-21-15/h2-7,10-11,18H,8-9H2,1H3,(H,21,22,25). The molecular formula is C19H17FN4O4. The summed E-state index contributed by atoms with van der Waals surface area (Å²) in [5, 5.41) is 11.8. The maximum atomic E-state index is 13.2. The second-order valence-corrected chi connectivity index (χ2v) is 6.74. The summed E-state index contributed by atoms with van der Waals surface area (Å²) in [6.45, 7) is 2.66. The van der Waals surface area contributed by atoms with Crippen LogP contribution in [0.3, 0.4) is 0 Å². The van der Waals surface area contributed by atoms with Gasteiger partial charge in [0.2, 0.25) is 0 Å². The van der Waals surface area contributed by atoms with Crippen molar-refractivity contribution in [1.82, 2.24) is 9.97 Å². The van der Waals surface area contributed by atoms with E-state index in [4.69, 9.17) is 4.74 Å². The maximum Gasteiger partial charge on any atom is 0.293 e. The molecule has 1 N–H and O–H groups in total. The van der Waals surface area contributed by atoms with Crippen molar-refractivity contribution in [2.75, 3.05) is 18.0 Å². The van der Waals surface area contributed by atoms with E-state index in [1.54, 1.807) is 18.2 Å². The first kappa shape index (κ1) is 18.1. The molecule has 1 fully saturated rings. The predicted molar refractivity (Wildman–Crippen MR) is 101 cm³/mol. The van der Waals surface area contributed by atoms with Gasteiger partial charge in [0.25, 0.3) is 11.2 Å². The Bertz CT molecular complexity index is 1100. The Labute approximate surface area is 158 Å². The monoisotopic (exact) mass is 384 g/mol. The Kier molecular flexibility index (Phi) is 4.52. The van der Waals surface area contributed by atoms with Crippen molar-refractivity contribution in [1.29, 1.82) is 0 Å². The van der Waals surface area contributed by atoms with E-state index in [9.17, 15) is 19.3 Å². The lowest BCUT2D eigenvalue weighted by Gasteiger charge is -2.38. The van der Waals surface area contributed by atoms with Gasteiger partial charge in [-0.05, 0) is 30.7 Å². The normalized spacial score (nSPS) is 19.7. The summed E-state index contributed by atoms with van der Waals surface area (Å²) >= 11 is 0. The van der Waals surface area contributed by atoms with Gasteiger partial charge in [0.1, 0.15) is 17.6 Å². The Morgan fingerprint density at radius 2 is 2.04 bits per heavy atom. The molecule has 144 valence electrons. The summed E-state index contributed by atoms with van der Waals surface area (Å²) in [4.78, 5) is 31.5. The van der Waals surface area contributed by atoms with Gasteiger partial charge in [0.15, 0.2) is 0 Å². The summed E-state index contributed by atoms with van der Waals surface area (Å²) in [5.74, 6) is -0.342. The van der Waals surface area contributed by atoms with Crippen LogP contribution in [0.4, 0.5) is 15.8 Å². The molecule has 1 aromatic heterocycles. The van der Waals surface area contributed by atoms with E-state index in [1.807, 2.05) is 11.8 Å². The van der Waals surface area contributed by atoms with Gasteiger partial charge in [-0.25, -0.2) is 9.37 Å². The number of ether oxygens (including phenoxy) is 1. The smallest absolute Gasteiger partial charge is 0.293 e. The molecule has 2 heterocycles. The van der Waals surface area contributed by atoms with E-state index in [-0.39, 0.29) is 29.1 Å². The highest BCUT2D eigenvalue weighted by Crippen LogP contribution is 2.35. The molecule has 0 bridgehead atoms. The Morgan fingerprint density at radius 3 is 2.75 bits per heavy atom. The lowest BCUT2D eigenvalue weighted by Crippen LogP contribution is -2.43. The van der Waals surface area contributed by atoms with Crippen molar-refractivity contribution in [3.63, 3.8) is 0 Å². The van der Waals surface area contributed by atoms with Crippen LogP contribution in [0.5, 0.6) is 0 Å².